The largest absolute Gasteiger partial charge is 0.368 e. The molecule has 1 amide bonds. The summed E-state index contributed by atoms with van der Waals surface area (Å²) >= 11 is 0. The van der Waals surface area contributed by atoms with Crippen LogP contribution in [0.3, 0.4) is 0 Å². The lowest BCUT2D eigenvalue weighted by molar-refractivity contribution is 0.100. The van der Waals surface area contributed by atoms with Gasteiger partial charge >= 0.3 is 0 Å². The number of aryl methyl sites for hydroxylation is 1. The first kappa shape index (κ1) is 16.2. The number of benzene rings is 2. The second-order valence-electron chi connectivity index (χ2n) is 5.95. The first-order valence-corrected chi connectivity index (χ1v) is 8.08. The third-order valence-electron chi connectivity index (χ3n) is 4.35. The highest BCUT2D eigenvalue weighted by Crippen LogP contribution is 2.31. The van der Waals surface area contributed by atoms with E-state index < -0.39 is 5.91 Å². The van der Waals surface area contributed by atoms with Gasteiger partial charge in [0.25, 0.3) is 5.91 Å². The summed E-state index contributed by atoms with van der Waals surface area (Å²) in [4.78, 5) is 27.1. The van der Waals surface area contributed by atoms with E-state index in [1.165, 1.54) is 0 Å². The van der Waals surface area contributed by atoms with E-state index in [0.29, 0.717) is 22.4 Å². The number of anilines is 1. The van der Waals surface area contributed by atoms with Crippen LogP contribution in [0.4, 0.5) is 5.69 Å². The van der Waals surface area contributed by atoms with E-state index in [1.54, 1.807) is 24.3 Å². The molecule has 1 aliphatic heterocycles. The molecule has 0 bridgehead atoms. The van der Waals surface area contributed by atoms with E-state index in [9.17, 15) is 9.59 Å². The molecule has 24 heavy (non-hydrogen) atoms. The van der Waals surface area contributed by atoms with Crippen LogP contribution >= 0.6 is 0 Å². The molecule has 0 aromatic heterocycles. The molecule has 1 aliphatic rings. The molecular formula is C19H21N3O2. The average molecular weight is 323 g/mol. The SMILES string of the molecule is Cc1ccc(C(N)=O)c(N2CCNCC2)c1C(=O)c1ccccc1. The van der Waals surface area contributed by atoms with Crippen LogP contribution in [-0.2, 0) is 0 Å². The number of nitrogens with one attached hydrogen (secondary N) is 1. The van der Waals surface area contributed by atoms with Crippen molar-refractivity contribution in [2.24, 2.45) is 5.73 Å². The highest BCUT2D eigenvalue weighted by atomic mass is 16.1. The predicted octanol–water partition coefficient (Wildman–Crippen LogP) is 1.73. The van der Waals surface area contributed by atoms with E-state index >= 15 is 0 Å². The Bertz CT molecular complexity index is 766. The number of nitrogens with two attached hydrogens (primary N) is 1. The van der Waals surface area contributed by atoms with Crippen LogP contribution in [0.2, 0.25) is 0 Å². The lowest BCUT2D eigenvalue weighted by Gasteiger charge is -2.32. The molecule has 1 fully saturated rings. The zero-order valence-electron chi connectivity index (χ0n) is 13.7. The normalized spacial score (nSPS) is 14.5. The molecule has 1 heterocycles. The topological polar surface area (TPSA) is 75.4 Å². The second-order valence-corrected chi connectivity index (χ2v) is 5.95. The van der Waals surface area contributed by atoms with E-state index in [0.717, 1.165) is 31.7 Å². The molecule has 5 nitrogen and oxygen atoms in total. The quantitative estimate of drug-likeness (QED) is 0.840. The lowest BCUT2D eigenvalue weighted by Crippen LogP contribution is -2.45. The van der Waals surface area contributed by atoms with Gasteiger partial charge in [-0.3, -0.25) is 9.59 Å². The number of nitrogens with zero attached hydrogens (tertiary/aromatic N) is 1. The number of carbonyl (C=O) groups excluding carboxylic acids is 2. The maximum atomic E-state index is 13.1. The minimum atomic E-state index is -0.509. The van der Waals surface area contributed by atoms with Crippen molar-refractivity contribution in [3.63, 3.8) is 0 Å². The van der Waals surface area contributed by atoms with Gasteiger partial charge in [-0.25, -0.2) is 0 Å². The van der Waals surface area contributed by atoms with Crippen LogP contribution in [0.15, 0.2) is 42.5 Å². The summed E-state index contributed by atoms with van der Waals surface area (Å²) in [7, 11) is 0. The fourth-order valence-electron chi connectivity index (χ4n) is 3.13. The Morgan fingerprint density at radius 3 is 2.33 bits per heavy atom. The van der Waals surface area contributed by atoms with Gasteiger partial charge in [0.2, 0.25) is 0 Å². The van der Waals surface area contributed by atoms with Crippen molar-refractivity contribution >= 4 is 17.4 Å². The van der Waals surface area contributed by atoms with Crippen molar-refractivity contribution in [2.45, 2.75) is 6.92 Å². The maximum absolute atomic E-state index is 13.1. The summed E-state index contributed by atoms with van der Waals surface area (Å²) in [5.74, 6) is -0.588. The van der Waals surface area contributed by atoms with Crippen molar-refractivity contribution in [2.75, 3.05) is 31.1 Å². The Morgan fingerprint density at radius 2 is 1.71 bits per heavy atom. The third kappa shape index (κ3) is 3.03. The highest BCUT2D eigenvalue weighted by Gasteiger charge is 2.26. The number of piperazine rings is 1. The van der Waals surface area contributed by atoms with Crippen LogP contribution in [0.25, 0.3) is 0 Å². The summed E-state index contributed by atoms with van der Waals surface area (Å²) in [5.41, 5.74) is 8.68. The summed E-state index contributed by atoms with van der Waals surface area (Å²) < 4.78 is 0. The average Bonchev–Trinajstić information content (AvgIpc) is 2.62. The van der Waals surface area contributed by atoms with Gasteiger partial charge < -0.3 is 16.0 Å². The first-order valence-electron chi connectivity index (χ1n) is 8.08. The summed E-state index contributed by atoms with van der Waals surface area (Å²) in [6.07, 6.45) is 0. The zero-order valence-corrected chi connectivity index (χ0v) is 13.7. The number of primary amides is 1. The molecule has 0 aliphatic carbocycles. The van der Waals surface area contributed by atoms with Gasteiger partial charge in [-0.1, -0.05) is 36.4 Å². The number of ketones is 1. The van der Waals surface area contributed by atoms with E-state index in [4.69, 9.17) is 5.73 Å². The number of rotatable bonds is 4. The number of hydrogen-bond donors (Lipinski definition) is 2. The van der Waals surface area contributed by atoms with Gasteiger partial charge in [0.1, 0.15) is 0 Å². The van der Waals surface area contributed by atoms with Gasteiger partial charge in [-0.05, 0) is 18.6 Å². The fourth-order valence-corrected chi connectivity index (χ4v) is 3.13. The first-order chi connectivity index (χ1) is 11.6. The summed E-state index contributed by atoms with van der Waals surface area (Å²) in [5, 5.41) is 3.29. The Hall–Kier alpha value is -2.66. The monoisotopic (exact) mass is 323 g/mol. The molecule has 3 N–H and O–H groups in total. The predicted molar refractivity (Wildman–Crippen MR) is 94.7 cm³/mol. The Morgan fingerprint density at radius 1 is 1.04 bits per heavy atom. The van der Waals surface area contributed by atoms with Gasteiger partial charge in [-0.15, -0.1) is 0 Å². The highest BCUT2D eigenvalue weighted by molar-refractivity contribution is 6.16. The summed E-state index contributed by atoms with van der Waals surface area (Å²) in [6.45, 7) is 4.99. The van der Waals surface area contributed by atoms with Crippen molar-refractivity contribution < 1.29 is 9.59 Å². The van der Waals surface area contributed by atoms with Crippen LogP contribution in [0.1, 0.15) is 31.8 Å². The minimum Gasteiger partial charge on any atom is -0.368 e. The molecule has 0 spiro atoms. The van der Waals surface area contributed by atoms with E-state index in [2.05, 4.69) is 10.2 Å². The molecular weight excluding hydrogens is 302 g/mol. The molecule has 0 atom stereocenters. The number of amides is 1. The van der Waals surface area contributed by atoms with Crippen molar-refractivity contribution in [1.82, 2.24) is 5.32 Å². The molecule has 5 heteroatoms. The second kappa shape index (κ2) is 6.84. The van der Waals surface area contributed by atoms with E-state index in [1.807, 2.05) is 25.1 Å². The number of carbonyl (C=O) groups is 2. The van der Waals surface area contributed by atoms with Gasteiger partial charge in [0.05, 0.1) is 11.3 Å². The lowest BCUT2D eigenvalue weighted by atomic mass is 9.93. The molecule has 1 saturated heterocycles. The molecule has 0 unspecified atom stereocenters. The molecule has 124 valence electrons. The smallest absolute Gasteiger partial charge is 0.250 e. The molecule has 2 aromatic carbocycles. The van der Waals surface area contributed by atoms with Gasteiger partial charge in [-0.2, -0.15) is 0 Å². The van der Waals surface area contributed by atoms with Crippen LogP contribution in [-0.4, -0.2) is 37.9 Å². The summed E-state index contributed by atoms with van der Waals surface area (Å²) in [6, 6.07) is 12.6. The number of hydrogen-bond acceptors (Lipinski definition) is 4. The van der Waals surface area contributed by atoms with Gasteiger partial charge in [0, 0.05) is 37.3 Å². The zero-order chi connectivity index (χ0) is 17.1. The van der Waals surface area contributed by atoms with Crippen molar-refractivity contribution in [1.29, 1.82) is 0 Å². The Labute approximate surface area is 141 Å². The molecule has 0 saturated carbocycles. The minimum absolute atomic E-state index is 0.0790. The molecule has 3 rings (SSSR count). The van der Waals surface area contributed by atoms with Crippen molar-refractivity contribution in [3.8, 4) is 0 Å². The third-order valence-corrected chi connectivity index (χ3v) is 4.35. The van der Waals surface area contributed by atoms with Crippen LogP contribution < -0.4 is 16.0 Å². The molecule has 0 radical (unpaired) electrons. The Balaban J connectivity index is 2.18. The fraction of sp³-hybridized carbons (Fsp3) is 0.263. The maximum Gasteiger partial charge on any atom is 0.250 e. The van der Waals surface area contributed by atoms with E-state index in [-0.39, 0.29) is 5.78 Å². The Kier molecular flexibility index (Phi) is 4.62. The van der Waals surface area contributed by atoms with Crippen LogP contribution in [0.5, 0.6) is 0 Å². The molecule has 2 aromatic rings. The standard InChI is InChI=1S/C19H21N3O2/c1-13-7-8-15(19(20)24)17(22-11-9-21-10-12-22)16(13)18(23)14-5-3-2-4-6-14/h2-8,21H,9-12H2,1H3,(H2,20,24). The van der Waals surface area contributed by atoms with Crippen LogP contribution in [0, 0.1) is 6.92 Å². The van der Waals surface area contributed by atoms with Gasteiger partial charge in [0.15, 0.2) is 5.78 Å². The van der Waals surface area contributed by atoms with Crippen molar-refractivity contribution in [3.05, 3.63) is 64.7 Å².